The van der Waals surface area contributed by atoms with Crippen molar-refractivity contribution in [3.05, 3.63) is 0 Å². The third kappa shape index (κ3) is 2400. The summed E-state index contributed by atoms with van der Waals surface area (Å²) < 4.78 is 180. The first-order valence-corrected chi connectivity index (χ1v) is 15.8. The molecule has 0 fully saturated rings. The van der Waals surface area contributed by atoms with Crippen LogP contribution in [0.1, 0.15) is 0 Å². The van der Waals surface area contributed by atoms with Crippen molar-refractivity contribution in [3.8, 4) is 0 Å². The number of hydrogen-bond donors (Lipinski definition) is 0. The van der Waals surface area contributed by atoms with Crippen molar-refractivity contribution < 1.29 is 260 Å². The second kappa shape index (κ2) is 59.1. The Morgan fingerprint density at radius 3 is 0.290 bits per heavy atom. The summed E-state index contributed by atoms with van der Waals surface area (Å²) in [7, 11) is 0. The van der Waals surface area contributed by atoms with Crippen LogP contribution in [0.2, 0.25) is 0 Å². The van der Waals surface area contributed by atoms with E-state index in [9.17, 15) is 0 Å². The molecule has 0 aromatic rings. The van der Waals surface area contributed by atoms with Gasteiger partial charge in [0.05, 0.1) is 0 Å². The molecule has 0 amide bonds. The predicted molar refractivity (Wildman–Crippen MR) is 20.7 cm³/mol. The molecule has 1 unspecified atom stereocenters. The Morgan fingerprint density at radius 2 is 0.290 bits per heavy atom. The summed E-state index contributed by atoms with van der Waals surface area (Å²) in [5.74, 6) is 0. The van der Waals surface area contributed by atoms with Gasteiger partial charge in [0.15, 0.2) is 0 Å². The van der Waals surface area contributed by atoms with Crippen molar-refractivity contribution >= 4 is 9.90 Å². The zero-order valence-electron chi connectivity index (χ0n) is 13.8. The van der Waals surface area contributed by atoms with E-state index in [1.165, 1.54) is 0 Å². The molecule has 0 aliphatic heterocycles. The molecule has 31 heteroatoms. The Bertz CT molecular complexity index is 577. The Labute approximate surface area is 264 Å². The largest absolute Gasteiger partial charge is 0 e. The topological polar surface area (TPSA) is 400 Å². The quantitative estimate of drug-likeness (QED) is 0.161. The van der Waals surface area contributed by atoms with Crippen LogP contribution in [0.3, 0.4) is 0 Å². The van der Waals surface area contributed by atoms with Crippen molar-refractivity contribution in [1.82, 2.24) is 0 Å². The molecule has 0 aromatic carbocycles. The zero-order valence-corrected chi connectivity index (χ0v) is 31.1. The van der Waals surface area contributed by atoms with Crippen LogP contribution in [0.5, 0.6) is 0 Å². The van der Waals surface area contributed by atoms with Crippen LogP contribution in [0.25, 0.3) is 0 Å². The van der Waals surface area contributed by atoms with E-state index in [0.29, 0.717) is 0 Å². The van der Waals surface area contributed by atoms with Crippen LogP contribution in [-0.4, -0.2) is 0 Å². The van der Waals surface area contributed by atoms with Gasteiger partial charge in [0, 0.05) is 21.1 Å². The summed E-state index contributed by atoms with van der Waals surface area (Å²) in [4.78, 5) is 0. The Hall–Kier alpha value is 3.77. The van der Waals surface area contributed by atoms with Crippen molar-refractivity contribution in [2.75, 3.05) is 0 Å². The monoisotopic (exact) mass is 949 g/mol. The molecule has 0 aliphatic carbocycles. The van der Waals surface area contributed by atoms with E-state index in [-0.39, 0.29) is 82.3 Å². The molecular weight excluding hydrogens is 946 g/mol. The molecule has 0 bridgehead atoms. The fourth-order valence-electron chi connectivity index (χ4n) is 0. The van der Waals surface area contributed by atoms with E-state index in [2.05, 4.69) is 0 Å². The average molecular weight is 950 g/mol. The molecular formula is H3KO21PV7W-6. The summed E-state index contributed by atoms with van der Waals surface area (Å²) in [5, 5.41) is 0. The number of rotatable bonds is 0. The van der Waals surface area contributed by atoms with Crippen molar-refractivity contribution in [3.63, 3.8) is 0 Å². The van der Waals surface area contributed by atoms with Gasteiger partial charge in [-0.1, -0.05) is 0 Å². The van der Waals surface area contributed by atoms with Gasteiger partial charge in [0.2, 0.25) is 0 Å². The van der Waals surface area contributed by atoms with Crippen LogP contribution in [0.15, 0.2) is 0 Å². The van der Waals surface area contributed by atoms with E-state index in [1.54, 1.807) is 0 Å². The van der Waals surface area contributed by atoms with Gasteiger partial charge in [-0.15, -0.1) is 0 Å². The second-order valence-corrected chi connectivity index (χ2v) is 6.45. The minimum Gasteiger partial charge on any atom is 0 e. The van der Waals surface area contributed by atoms with Crippen molar-refractivity contribution in [1.29, 1.82) is 0 Å². The van der Waals surface area contributed by atoms with Crippen molar-refractivity contribution in [2.45, 2.75) is 0 Å². The SMILES string of the molecule is P.[K+].[O]=[V](=[O])[O-].[O]=[V](=[O])[O-].[O]=[V](=[O])[O-].[O]=[V](=[O])[O-].[O]=[V](=[O])[O-].[O]=[V](=[O])[O-].[O]=[V](=[O])[O-].[W]. The summed E-state index contributed by atoms with van der Waals surface area (Å²) >= 11 is -27.6. The molecule has 0 heterocycles. The van der Waals surface area contributed by atoms with Crippen LogP contribution in [0, 0.1) is 0 Å². The first-order chi connectivity index (χ1) is 12.1. The molecule has 0 saturated heterocycles. The van der Waals surface area contributed by atoms with Crippen LogP contribution < -0.4 is 79.6 Å². The van der Waals surface area contributed by atoms with Gasteiger partial charge in [-0.3, -0.25) is 0 Å². The summed E-state index contributed by atoms with van der Waals surface area (Å²) in [6.07, 6.45) is 0. The van der Waals surface area contributed by atoms with Gasteiger partial charge in [-0.05, 0) is 0 Å². The molecule has 0 rings (SSSR count). The summed E-state index contributed by atoms with van der Waals surface area (Å²) in [6, 6.07) is 0. The van der Waals surface area contributed by atoms with Crippen LogP contribution in [-0.2, 0) is 180 Å². The molecule has 0 spiro atoms. The Kier molecular flexibility index (Phi) is 123. The fraction of sp³-hybridized carbons (Fsp3) is 0. The molecule has 0 N–H and O–H groups in total. The molecule has 1 atom stereocenters. The first kappa shape index (κ1) is 64.6. The minimum absolute atomic E-state index is 0. The first-order valence-electron chi connectivity index (χ1n) is 3.83. The molecule has 31 heavy (non-hydrogen) atoms. The van der Waals surface area contributed by atoms with Gasteiger partial charge >= 0.3 is 239 Å². The van der Waals surface area contributed by atoms with Gasteiger partial charge in [-0.25, -0.2) is 0 Å². The van der Waals surface area contributed by atoms with E-state index in [4.69, 9.17) is 79.7 Å². The van der Waals surface area contributed by atoms with E-state index in [0.717, 1.165) is 0 Å². The third-order valence-electron chi connectivity index (χ3n) is 0. The van der Waals surface area contributed by atoms with Crippen LogP contribution >= 0.6 is 9.90 Å². The smallest absolute Gasteiger partial charge is 0 e. The molecule has 21 nitrogen and oxygen atoms in total. The molecule has 0 saturated carbocycles. The van der Waals surface area contributed by atoms with Gasteiger partial charge in [0.1, 0.15) is 0 Å². The Balaban J connectivity index is -0.0000000204. The average Bonchev–Trinajstić information content (AvgIpc) is 2.20. The zero-order chi connectivity index (χ0) is 25.0. The van der Waals surface area contributed by atoms with Crippen molar-refractivity contribution in [2.24, 2.45) is 0 Å². The van der Waals surface area contributed by atoms with Gasteiger partial charge in [0.25, 0.3) is 0 Å². The maximum atomic E-state index is 8.56. The van der Waals surface area contributed by atoms with Crippen LogP contribution in [0.4, 0.5) is 0 Å². The van der Waals surface area contributed by atoms with E-state index < -0.39 is 108 Å². The maximum absolute atomic E-state index is 8.56. The molecule has 0 radical (unpaired) electrons. The van der Waals surface area contributed by atoms with Gasteiger partial charge in [-0.2, -0.15) is 9.90 Å². The third-order valence-corrected chi connectivity index (χ3v) is 0. The van der Waals surface area contributed by atoms with E-state index >= 15 is 0 Å². The summed E-state index contributed by atoms with van der Waals surface area (Å²) in [5.41, 5.74) is 0. The molecule has 0 aromatic heterocycles. The van der Waals surface area contributed by atoms with E-state index in [1.807, 2.05) is 0 Å². The fourth-order valence-corrected chi connectivity index (χ4v) is 0. The Morgan fingerprint density at radius 1 is 0.290 bits per heavy atom. The normalized spacial score (nSPS) is 5.65. The second-order valence-electron chi connectivity index (χ2n) is 1.57. The standard InChI is InChI=1S/K.21O.H3P.7V.W/h;;;;;;;;;;;;;;;;;;;;;;1H3;;;;;;;;/q+1;;;;;;;;;;;;;;;7*-1;;;;;;;;;. The van der Waals surface area contributed by atoms with Gasteiger partial charge < -0.3 is 0 Å². The minimum atomic E-state index is -3.94. The molecule has 0 aliphatic rings. The molecule has 182 valence electrons. The number of hydrogen-bond acceptors (Lipinski definition) is 21. The maximum Gasteiger partial charge on any atom is 0 e. The predicted octanol–water partition coefficient (Wildman–Crippen LogP) is -12.9. The summed E-state index contributed by atoms with van der Waals surface area (Å²) in [6.45, 7) is 0.